The van der Waals surface area contributed by atoms with Crippen LogP contribution in [0, 0.1) is 0 Å². The Kier molecular flexibility index (Phi) is 3.56. The highest BCUT2D eigenvalue weighted by Crippen LogP contribution is 2.58. The topological polar surface area (TPSA) is 0 Å². The average Bonchev–Trinajstić information content (AvgIpc) is 2.43. The molecule has 0 aliphatic heterocycles. The molecule has 2 aromatic carbocycles. The molecule has 0 radical (unpaired) electrons. The van der Waals surface area contributed by atoms with Crippen LogP contribution in [0.2, 0.25) is 0 Å². The van der Waals surface area contributed by atoms with E-state index in [2.05, 4.69) is 73.3 Å². The fourth-order valence-electron chi connectivity index (χ4n) is 1.99. The first-order chi connectivity index (χ1) is 8.33. The van der Waals surface area contributed by atoms with Crippen LogP contribution in [0.1, 0.15) is 0 Å². The van der Waals surface area contributed by atoms with E-state index in [-0.39, 0.29) is 0 Å². The maximum absolute atomic E-state index is 4.03. The van der Waals surface area contributed by atoms with Crippen molar-refractivity contribution in [2.45, 2.75) is 0 Å². The number of benzene rings is 2. The fourth-order valence-corrected chi connectivity index (χ4v) is 4.62. The molecule has 0 saturated carbocycles. The maximum Gasteiger partial charge on any atom is 0.128 e. The standard InChI is InChI=1S/C16H16P/c1-3-17(4-2,15-11-7-5-8-12-15)16-13-9-6-10-14-16/h3-14H,1-2H2/q+1. The van der Waals surface area contributed by atoms with Gasteiger partial charge in [-0.1, -0.05) is 49.6 Å². The molecule has 0 aliphatic carbocycles. The smallest absolute Gasteiger partial charge is 0.0627 e. The molecule has 17 heavy (non-hydrogen) atoms. The summed E-state index contributed by atoms with van der Waals surface area (Å²) in [4.78, 5) is 0. The van der Waals surface area contributed by atoms with Crippen LogP contribution in [0.15, 0.2) is 85.5 Å². The molecule has 84 valence electrons. The molecule has 0 saturated heterocycles. The summed E-state index contributed by atoms with van der Waals surface area (Å²) in [5.74, 6) is 4.12. The molecule has 0 atom stereocenters. The molecule has 0 bridgehead atoms. The van der Waals surface area contributed by atoms with Crippen molar-refractivity contribution in [3.8, 4) is 0 Å². The van der Waals surface area contributed by atoms with Crippen LogP contribution in [0.25, 0.3) is 0 Å². The van der Waals surface area contributed by atoms with E-state index in [0.717, 1.165) is 0 Å². The van der Waals surface area contributed by atoms with Crippen LogP contribution in [0.3, 0.4) is 0 Å². The Morgan fingerprint density at radius 2 is 1.00 bits per heavy atom. The zero-order valence-electron chi connectivity index (χ0n) is 9.79. The van der Waals surface area contributed by atoms with Crippen LogP contribution in [0.5, 0.6) is 0 Å². The van der Waals surface area contributed by atoms with Gasteiger partial charge in [-0.2, -0.15) is 0 Å². The van der Waals surface area contributed by atoms with Gasteiger partial charge in [-0.25, -0.2) is 0 Å². The first-order valence-electron chi connectivity index (χ1n) is 5.60. The van der Waals surface area contributed by atoms with Gasteiger partial charge >= 0.3 is 0 Å². The average molecular weight is 239 g/mol. The molecule has 0 N–H and O–H groups in total. The predicted molar refractivity (Wildman–Crippen MR) is 79.5 cm³/mol. The van der Waals surface area contributed by atoms with E-state index in [1.165, 1.54) is 10.6 Å². The van der Waals surface area contributed by atoms with Crippen LogP contribution < -0.4 is 10.6 Å². The third-order valence-corrected chi connectivity index (χ3v) is 6.40. The summed E-state index contributed by atoms with van der Waals surface area (Å²) in [7, 11) is -1.63. The predicted octanol–water partition coefficient (Wildman–Crippen LogP) is 3.94. The van der Waals surface area contributed by atoms with E-state index in [1.807, 2.05) is 12.1 Å². The highest BCUT2D eigenvalue weighted by Gasteiger charge is 2.36. The minimum absolute atomic E-state index is 1.30. The lowest BCUT2D eigenvalue weighted by molar-refractivity contribution is 1.74. The van der Waals surface area contributed by atoms with Crippen molar-refractivity contribution in [1.82, 2.24) is 0 Å². The Labute approximate surface area is 104 Å². The van der Waals surface area contributed by atoms with E-state index >= 15 is 0 Å². The van der Waals surface area contributed by atoms with E-state index in [4.69, 9.17) is 0 Å². The van der Waals surface area contributed by atoms with Gasteiger partial charge in [0.25, 0.3) is 0 Å². The highest BCUT2D eigenvalue weighted by molar-refractivity contribution is 7.94. The molecule has 0 nitrogen and oxygen atoms in total. The zero-order chi connectivity index (χ0) is 12.1. The van der Waals surface area contributed by atoms with E-state index in [9.17, 15) is 0 Å². The Balaban J connectivity index is 2.62. The Bertz CT molecular complexity index is 450. The molecule has 0 unspecified atom stereocenters. The lowest BCUT2D eigenvalue weighted by atomic mass is 10.4. The van der Waals surface area contributed by atoms with Crippen molar-refractivity contribution in [3.05, 3.63) is 85.5 Å². The normalized spacial score (nSPS) is 10.8. The Morgan fingerprint density at radius 3 is 1.29 bits per heavy atom. The Morgan fingerprint density at radius 1 is 0.647 bits per heavy atom. The quantitative estimate of drug-likeness (QED) is 0.709. The van der Waals surface area contributed by atoms with Crippen LogP contribution in [0.4, 0.5) is 0 Å². The van der Waals surface area contributed by atoms with Crippen molar-refractivity contribution >= 4 is 17.9 Å². The minimum atomic E-state index is -1.63. The van der Waals surface area contributed by atoms with E-state index in [1.54, 1.807) is 0 Å². The zero-order valence-corrected chi connectivity index (χ0v) is 10.7. The van der Waals surface area contributed by atoms with Gasteiger partial charge in [0.05, 0.1) is 11.6 Å². The van der Waals surface area contributed by atoms with Gasteiger partial charge in [-0.3, -0.25) is 0 Å². The number of hydrogen-bond acceptors (Lipinski definition) is 0. The first-order valence-corrected chi connectivity index (χ1v) is 7.53. The summed E-state index contributed by atoms with van der Waals surface area (Å²) in [6.07, 6.45) is 0. The van der Waals surface area contributed by atoms with Crippen molar-refractivity contribution in [2.24, 2.45) is 0 Å². The summed E-state index contributed by atoms with van der Waals surface area (Å²) in [5, 5.41) is 2.60. The number of rotatable bonds is 4. The summed E-state index contributed by atoms with van der Waals surface area (Å²) < 4.78 is 0. The summed E-state index contributed by atoms with van der Waals surface area (Å²) in [5.41, 5.74) is 0. The molecule has 0 spiro atoms. The molecule has 0 amide bonds. The summed E-state index contributed by atoms with van der Waals surface area (Å²) in [6.45, 7) is 8.07. The summed E-state index contributed by atoms with van der Waals surface area (Å²) >= 11 is 0. The first kappa shape index (κ1) is 11.8. The van der Waals surface area contributed by atoms with Gasteiger partial charge in [0.15, 0.2) is 0 Å². The molecule has 0 heterocycles. The minimum Gasteiger partial charge on any atom is -0.0627 e. The van der Waals surface area contributed by atoms with Crippen LogP contribution in [-0.4, -0.2) is 0 Å². The molecule has 0 aromatic heterocycles. The van der Waals surface area contributed by atoms with E-state index in [0.29, 0.717) is 0 Å². The lowest BCUT2D eigenvalue weighted by Gasteiger charge is -2.18. The van der Waals surface area contributed by atoms with Gasteiger partial charge in [0, 0.05) is 0 Å². The number of hydrogen-bond donors (Lipinski definition) is 0. The Hall–Kier alpha value is -1.65. The molecule has 2 aromatic rings. The second kappa shape index (κ2) is 5.12. The summed E-state index contributed by atoms with van der Waals surface area (Å²) in [6, 6.07) is 21.0. The van der Waals surface area contributed by atoms with Gasteiger partial charge in [-0.05, 0) is 24.3 Å². The van der Waals surface area contributed by atoms with Gasteiger partial charge in [0.2, 0.25) is 0 Å². The maximum atomic E-state index is 4.03. The van der Waals surface area contributed by atoms with Crippen molar-refractivity contribution in [1.29, 1.82) is 0 Å². The SMILES string of the molecule is C=C[P+](C=C)(c1ccccc1)c1ccccc1. The van der Waals surface area contributed by atoms with Crippen molar-refractivity contribution in [3.63, 3.8) is 0 Å². The van der Waals surface area contributed by atoms with E-state index < -0.39 is 7.26 Å². The molecular formula is C16H16P+. The molecule has 1 heteroatoms. The van der Waals surface area contributed by atoms with Crippen LogP contribution in [-0.2, 0) is 0 Å². The van der Waals surface area contributed by atoms with Crippen molar-refractivity contribution < 1.29 is 0 Å². The van der Waals surface area contributed by atoms with Crippen LogP contribution >= 0.6 is 7.26 Å². The van der Waals surface area contributed by atoms with Gasteiger partial charge in [0.1, 0.15) is 17.9 Å². The largest absolute Gasteiger partial charge is 0.128 e. The monoisotopic (exact) mass is 239 g/mol. The lowest BCUT2D eigenvalue weighted by Crippen LogP contribution is -2.18. The van der Waals surface area contributed by atoms with Crippen molar-refractivity contribution in [2.75, 3.05) is 0 Å². The second-order valence-corrected chi connectivity index (χ2v) is 7.13. The third-order valence-electron chi connectivity index (χ3n) is 2.94. The molecule has 0 fully saturated rings. The molecule has 0 aliphatic rings. The third kappa shape index (κ3) is 2.09. The van der Waals surface area contributed by atoms with Gasteiger partial charge < -0.3 is 0 Å². The molecular weight excluding hydrogens is 223 g/mol. The highest BCUT2D eigenvalue weighted by atomic mass is 31.2. The molecule has 2 rings (SSSR count). The van der Waals surface area contributed by atoms with Gasteiger partial charge in [-0.15, -0.1) is 0 Å². The fraction of sp³-hybridized carbons (Fsp3) is 0. The second-order valence-electron chi connectivity index (χ2n) is 3.81.